The molecule has 31 heavy (non-hydrogen) atoms. The molecule has 2 amide bonds. The molecule has 7 nitrogen and oxygen atoms in total. The molecule has 0 radical (unpaired) electrons. The second-order valence-corrected chi connectivity index (χ2v) is 8.34. The van der Waals surface area contributed by atoms with Gasteiger partial charge in [0.25, 0.3) is 11.8 Å². The van der Waals surface area contributed by atoms with Gasteiger partial charge in [-0.3, -0.25) is 14.9 Å². The minimum absolute atomic E-state index is 0.128. The van der Waals surface area contributed by atoms with Crippen LogP contribution in [0.1, 0.15) is 27.9 Å². The van der Waals surface area contributed by atoms with Gasteiger partial charge in [-0.25, -0.2) is 4.98 Å². The molecule has 1 heterocycles. The molecule has 0 atom stereocenters. The van der Waals surface area contributed by atoms with Crippen LogP contribution in [0.15, 0.2) is 35.7 Å². The van der Waals surface area contributed by atoms with Crippen molar-refractivity contribution in [3.8, 4) is 22.8 Å². The Hall–Kier alpha value is -3.10. The van der Waals surface area contributed by atoms with Crippen LogP contribution in [0, 0.1) is 0 Å². The maximum atomic E-state index is 12.7. The quantitative estimate of drug-likeness (QED) is 0.556. The van der Waals surface area contributed by atoms with Crippen molar-refractivity contribution < 1.29 is 19.1 Å². The molecular weight excluding hydrogens is 438 g/mol. The number of aromatic nitrogens is 1. The third-order valence-corrected chi connectivity index (χ3v) is 6.01. The van der Waals surface area contributed by atoms with Gasteiger partial charge in [-0.1, -0.05) is 23.7 Å². The number of benzene rings is 2. The molecule has 1 aliphatic carbocycles. The van der Waals surface area contributed by atoms with Crippen molar-refractivity contribution in [2.45, 2.75) is 19.3 Å². The van der Waals surface area contributed by atoms with Crippen LogP contribution in [-0.4, -0.2) is 30.5 Å². The van der Waals surface area contributed by atoms with E-state index in [2.05, 4.69) is 28.5 Å². The van der Waals surface area contributed by atoms with E-state index in [0.717, 1.165) is 24.1 Å². The van der Waals surface area contributed by atoms with Crippen LogP contribution in [-0.2, 0) is 17.6 Å². The predicted molar refractivity (Wildman–Crippen MR) is 120 cm³/mol. The van der Waals surface area contributed by atoms with Crippen molar-refractivity contribution in [3.05, 3.63) is 57.4 Å². The fraction of sp³-hybridized carbons (Fsp3) is 0.227. The molecule has 1 aliphatic rings. The molecule has 0 saturated carbocycles. The highest BCUT2D eigenvalue weighted by atomic mass is 35.5. The van der Waals surface area contributed by atoms with E-state index in [-0.39, 0.29) is 28.7 Å². The van der Waals surface area contributed by atoms with Crippen LogP contribution in [0.4, 0.5) is 5.13 Å². The molecule has 9 heteroatoms. The molecule has 3 N–H and O–H groups in total. The Morgan fingerprint density at radius 1 is 1.23 bits per heavy atom. The Labute approximate surface area is 188 Å². The summed E-state index contributed by atoms with van der Waals surface area (Å²) in [4.78, 5) is 28.3. The SMILES string of the molecule is COc1cc(C(=O)Nc2nc(-c3ccc4c(c3)CCC4)cs2)cc(Cl)c1OCC(N)=O. The molecule has 160 valence electrons. The van der Waals surface area contributed by atoms with Crippen LogP contribution >= 0.6 is 22.9 Å². The third-order valence-electron chi connectivity index (χ3n) is 4.97. The fourth-order valence-corrected chi connectivity index (χ4v) is 4.48. The van der Waals surface area contributed by atoms with Crippen molar-refractivity contribution in [1.29, 1.82) is 0 Å². The zero-order chi connectivity index (χ0) is 22.0. The largest absolute Gasteiger partial charge is 0.493 e. The number of methoxy groups -OCH3 is 1. The van der Waals surface area contributed by atoms with Gasteiger partial charge in [-0.05, 0) is 48.6 Å². The van der Waals surface area contributed by atoms with Crippen LogP contribution in [0.2, 0.25) is 5.02 Å². The summed E-state index contributed by atoms with van der Waals surface area (Å²) >= 11 is 7.57. The van der Waals surface area contributed by atoms with Gasteiger partial charge in [0.2, 0.25) is 0 Å². The number of anilines is 1. The topological polar surface area (TPSA) is 104 Å². The molecular formula is C22H20ClN3O4S. The number of fused-ring (bicyclic) bond motifs is 1. The van der Waals surface area contributed by atoms with Crippen molar-refractivity contribution in [1.82, 2.24) is 4.98 Å². The number of carbonyl (C=O) groups excluding carboxylic acids is 2. The highest BCUT2D eigenvalue weighted by molar-refractivity contribution is 7.14. The first-order chi connectivity index (χ1) is 14.9. The van der Waals surface area contributed by atoms with E-state index >= 15 is 0 Å². The highest BCUT2D eigenvalue weighted by Crippen LogP contribution is 2.37. The predicted octanol–water partition coefficient (Wildman–Crippen LogP) is 4.08. The number of hydrogen-bond donors (Lipinski definition) is 2. The zero-order valence-corrected chi connectivity index (χ0v) is 18.3. The van der Waals surface area contributed by atoms with E-state index in [1.165, 1.54) is 48.1 Å². The lowest BCUT2D eigenvalue weighted by molar-refractivity contribution is -0.119. The van der Waals surface area contributed by atoms with Crippen molar-refractivity contribution in [2.75, 3.05) is 19.0 Å². The molecule has 1 aromatic heterocycles. The first kappa shape index (κ1) is 21.1. The van der Waals surface area contributed by atoms with Gasteiger partial charge in [0, 0.05) is 16.5 Å². The Bertz CT molecular complexity index is 1160. The number of hydrogen-bond acceptors (Lipinski definition) is 6. The van der Waals surface area contributed by atoms with E-state index in [9.17, 15) is 9.59 Å². The van der Waals surface area contributed by atoms with Crippen LogP contribution in [0.25, 0.3) is 11.3 Å². The normalized spacial score (nSPS) is 12.3. The second kappa shape index (κ2) is 8.95. The van der Waals surface area contributed by atoms with Gasteiger partial charge < -0.3 is 15.2 Å². The molecule has 0 saturated heterocycles. The van der Waals surface area contributed by atoms with Crippen molar-refractivity contribution >= 4 is 39.9 Å². The maximum Gasteiger partial charge on any atom is 0.257 e. The van der Waals surface area contributed by atoms with Crippen molar-refractivity contribution in [2.24, 2.45) is 5.73 Å². The first-order valence-electron chi connectivity index (χ1n) is 9.62. The van der Waals surface area contributed by atoms with Crippen LogP contribution < -0.4 is 20.5 Å². The van der Waals surface area contributed by atoms with Gasteiger partial charge in [0.05, 0.1) is 17.8 Å². The molecule has 2 aromatic carbocycles. The Morgan fingerprint density at radius 2 is 2.03 bits per heavy atom. The number of nitrogens with two attached hydrogens (primary N) is 1. The maximum absolute atomic E-state index is 12.7. The summed E-state index contributed by atoms with van der Waals surface area (Å²) in [5.41, 5.74) is 10.0. The van der Waals surface area contributed by atoms with E-state index in [1.54, 1.807) is 0 Å². The van der Waals surface area contributed by atoms with Gasteiger partial charge in [-0.15, -0.1) is 11.3 Å². The number of thiazole rings is 1. The first-order valence-corrected chi connectivity index (χ1v) is 10.9. The molecule has 4 rings (SSSR count). The van der Waals surface area contributed by atoms with Gasteiger partial charge in [-0.2, -0.15) is 0 Å². The molecule has 0 aliphatic heterocycles. The third kappa shape index (κ3) is 4.65. The lowest BCUT2D eigenvalue weighted by atomic mass is 10.1. The van der Waals surface area contributed by atoms with Gasteiger partial charge >= 0.3 is 0 Å². The number of aryl methyl sites for hydroxylation is 2. The number of halogens is 1. The van der Waals surface area contributed by atoms with E-state index in [4.69, 9.17) is 26.8 Å². The number of nitrogens with zero attached hydrogens (tertiary/aromatic N) is 1. The van der Waals surface area contributed by atoms with E-state index in [0.29, 0.717) is 5.13 Å². The molecule has 0 unspecified atom stereocenters. The smallest absolute Gasteiger partial charge is 0.257 e. The highest BCUT2D eigenvalue weighted by Gasteiger charge is 2.18. The lowest BCUT2D eigenvalue weighted by Gasteiger charge is -2.13. The summed E-state index contributed by atoms with van der Waals surface area (Å²) in [6, 6.07) is 9.32. The number of ether oxygens (including phenoxy) is 2. The summed E-state index contributed by atoms with van der Waals surface area (Å²) < 4.78 is 10.5. The molecule has 3 aromatic rings. The van der Waals surface area contributed by atoms with Gasteiger partial charge in [0.1, 0.15) is 0 Å². The number of nitrogens with one attached hydrogen (secondary N) is 1. The zero-order valence-electron chi connectivity index (χ0n) is 16.7. The lowest BCUT2D eigenvalue weighted by Crippen LogP contribution is -2.20. The fourth-order valence-electron chi connectivity index (χ4n) is 3.50. The number of primary amides is 1. The van der Waals surface area contributed by atoms with E-state index in [1.807, 2.05) is 5.38 Å². The van der Waals surface area contributed by atoms with Crippen LogP contribution in [0.3, 0.4) is 0 Å². The molecule has 0 spiro atoms. The Morgan fingerprint density at radius 3 is 2.81 bits per heavy atom. The summed E-state index contributed by atoms with van der Waals surface area (Å²) in [6.45, 7) is -0.355. The minimum atomic E-state index is -0.650. The summed E-state index contributed by atoms with van der Waals surface area (Å²) in [7, 11) is 1.41. The number of rotatable bonds is 7. The summed E-state index contributed by atoms with van der Waals surface area (Å²) in [5.74, 6) is -0.677. The standard InChI is InChI=1S/C22H20ClN3O4S/c1-29-18-9-15(8-16(23)20(18)30-10-19(24)27)21(28)26-22-25-17(11-31-22)14-6-5-12-3-2-4-13(12)7-14/h5-9,11H,2-4,10H2,1H3,(H2,24,27)(H,25,26,28). The van der Waals surface area contributed by atoms with Gasteiger partial charge in [0.15, 0.2) is 23.2 Å². The van der Waals surface area contributed by atoms with Crippen molar-refractivity contribution in [3.63, 3.8) is 0 Å². The Balaban J connectivity index is 1.51. The average Bonchev–Trinajstić information content (AvgIpc) is 3.40. The number of amides is 2. The number of carbonyl (C=O) groups is 2. The van der Waals surface area contributed by atoms with Crippen LogP contribution in [0.5, 0.6) is 11.5 Å². The minimum Gasteiger partial charge on any atom is -0.493 e. The second-order valence-electron chi connectivity index (χ2n) is 7.07. The summed E-state index contributed by atoms with van der Waals surface area (Å²) in [5, 5.41) is 5.31. The summed E-state index contributed by atoms with van der Waals surface area (Å²) in [6.07, 6.45) is 3.42. The molecule has 0 fully saturated rings. The van der Waals surface area contributed by atoms with E-state index < -0.39 is 11.8 Å². The molecule has 0 bridgehead atoms. The average molecular weight is 458 g/mol. The Kier molecular flexibility index (Phi) is 6.11. The monoisotopic (exact) mass is 457 g/mol.